The molecule has 0 fully saturated rings. The largest absolute Gasteiger partial charge is 0.325 e. The summed E-state index contributed by atoms with van der Waals surface area (Å²) in [6, 6.07) is 3.37. The van der Waals surface area contributed by atoms with E-state index in [-0.39, 0.29) is 5.91 Å². The summed E-state index contributed by atoms with van der Waals surface area (Å²) in [4.78, 5) is 15.2. The van der Waals surface area contributed by atoms with Gasteiger partial charge in [-0.1, -0.05) is 0 Å². The molecule has 1 rings (SSSR count). The lowest BCUT2D eigenvalue weighted by atomic mass is 10.2. The zero-order valence-electron chi connectivity index (χ0n) is 7.37. The van der Waals surface area contributed by atoms with Gasteiger partial charge in [-0.2, -0.15) is 0 Å². The lowest BCUT2D eigenvalue weighted by molar-refractivity contribution is 0.0952. The summed E-state index contributed by atoms with van der Waals surface area (Å²) in [6.45, 7) is 2.11. The zero-order valence-corrected chi connectivity index (χ0v) is 7.37. The molecule has 1 aromatic heterocycles. The monoisotopic (exact) mass is 180 g/mol. The van der Waals surface area contributed by atoms with Gasteiger partial charge in [-0.15, -0.1) is 0 Å². The molecule has 0 spiro atoms. The highest BCUT2D eigenvalue weighted by Gasteiger charge is 2.07. The maximum Gasteiger partial charge on any atom is 0.267 e. The van der Waals surface area contributed by atoms with Crippen molar-refractivity contribution in [1.29, 1.82) is 0 Å². The molecule has 0 aliphatic carbocycles. The van der Waals surface area contributed by atoms with Crippen molar-refractivity contribution in [3.05, 3.63) is 29.1 Å². The van der Waals surface area contributed by atoms with Crippen molar-refractivity contribution in [3.63, 3.8) is 0 Å². The van der Waals surface area contributed by atoms with Crippen molar-refractivity contribution in [2.24, 2.45) is 11.6 Å². The predicted molar refractivity (Wildman–Crippen MR) is 48.5 cm³/mol. The molecule has 0 radical (unpaired) electrons. The Bertz CT molecular complexity index is 324. The van der Waals surface area contributed by atoms with Gasteiger partial charge in [-0.3, -0.25) is 15.2 Å². The van der Waals surface area contributed by atoms with Crippen LogP contribution in [-0.2, 0) is 6.54 Å². The SMILES string of the molecule is Cc1nc(CN)ccc1C(=O)NN. The minimum atomic E-state index is -0.339. The third-order valence-electron chi connectivity index (χ3n) is 1.73. The van der Waals surface area contributed by atoms with Gasteiger partial charge in [0.15, 0.2) is 0 Å². The summed E-state index contributed by atoms with van der Waals surface area (Å²) in [6.07, 6.45) is 0. The van der Waals surface area contributed by atoms with E-state index in [0.29, 0.717) is 17.8 Å². The first kappa shape index (κ1) is 9.63. The summed E-state index contributed by atoms with van der Waals surface area (Å²) in [5.41, 5.74) is 9.30. The van der Waals surface area contributed by atoms with Gasteiger partial charge in [-0.25, -0.2) is 5.84 Å². The minimum absolute atomic E-state index is 0.339. The Hall–Kier alpha value is -1.46. The van der Waals surface area contributed by atoms with Crippen molar-refractivity contribution >= 4 is 5.91 Å². The molecule has 1 heterocycles. The van der Waals surface area contributed by atoms with Gasteiger partial charge in [0.2, 0.25) is 0 Å². The number of pyridine rings is 1. The highest BCUT2D eigenvalue weighted by Crippen LogP contribution is 2.05. The molecular weight excluding hydrogens is 168 g/mol. The lowest BCUT2D eigenvalue weighted by Gasteiger charge is -2.04. The summed E-state index contributed by atoms with van der Waals surface area (Å²) in [7, 11) is 0. The number of nitrogens with one attached hydrogen (secondary N) is 1. The average Bonchev–Trinajstić information content (AvgIpc) is 2.16. The first-order valence-electron chi connectivity index (χ1n) is 3.86. The van der Waals surface area contributed by atoms with Gasteiger partial charge < -0.3 is 5.73 Å². The smallest absolute Gasteiger partial charge is 0.267 e. The van der Waals surface area contributed by atoms with Gasteiger partial charge in [-0.05, 0) is 19.1 Å². The van der Waals surface area contributed by atoms with Crippen LogP contribution in [0.3, 0.4) is 0 Å². The number of nitrogens with two attached hydrogens (primary N) is 2. The van der Waals surface area contributed by atoms with E-state index in [4.69, 9.17) is 11.6 Å². The Labute approximate surface area is 76.1 Å². The second kappa shape index (κ2) is 3.97. The number of carbonyl (C=O) groups is 1. The van der Waals surface area contributed by atoms with Crippen LogP contribution < -0.4 is 17.0 Å². The minimum Gasteiger partial charge on any atom is -0.325 e. The second-order valence-electron chi connectivity index (χ2n) is 2.61. The Morgan fingerprint density at radius 1 is 1.62 bits per heavy atom. The molecule has 0 aliphatic rings. The number of hydrogen-bond acceptors (Lipinski definition) is 4. The maximum atomic E-state index is 11.1. The van der Waals surface area contributed by atoms with Gasteiger partial charge in [0.05, 0.1) is 17.0 Å². The number of hydrogen-bond donors (Lipinski definition) is 3. The molecule has 13 heavy (non-hydrogen) atoms. The molecule has 0 aromatic carbocycles. The van der Waals surface area contributed by atoms with E-state index < -0.39 is 0 Å². The van der Waals surface area contributed by atoms with Crippen molar-refractivity contribution in [3.8, 4) is 0 Å². The van der Waals surface area contributed by atoms with Crippen LogP contribution in [0.2, 0.25) is 0 Å². The number of rotatable bonds is 2. The molecule has 0 atom stereocenters. The molecule has 0 saturated carbocycles. The molecule has 0 bridgehead atoms. The molecule has 5 N–H and O–H groups in total. The zero-order chi connectivity index (χ0) is 9.84. The molecule has 70 valence electrons. The number of amides is 1. The van der Waals surface area contributed by atoms with E-state index in [1.165, 1.54) is 0 Å². The predicted octanol–water partition coefficient (Wildman–Crippen LogP) is -0.548. The first-order chi connectivity index (χ1) is 6.19. The van der Waals surface area contributed by atoms with Gasteiger partial charge in [0.1, 0.15) is 0 Å². The second-order valence-corrected chi connectivity index (χ2v) is 2.61. The highest BCUT2D eigenvalue weighted by molar-refractivity contribution is 5.94. The molecular formula is C8H12N4O. The maximum absolute atomic E-state index is 11.1. The highest BCUT2D eigenvalue weighted by atomic mass is 16.2. The van der Waals surface area contributed by atoms with Crippen LogP contribution in [0.15, 0.2) is 12.1 Å². The van der Waals surface area contributed by atoms with E-state index in [0.717, 1.165) is 5.69 Å². The van der Waals surface area contributed by atoms with E-state index >= 15 is 0 Å². The molecule has 0 unspecified atom stereocenters. The third kappa shape index (κ3) is 2.01. The summed E-state index contributed by atoms with van der Waals surface area (Å²) in [5, 5.41) is 0. The normalized spacial score (nSPS) is 9.77. The van der Waals surface area contributed by atoms with Crippen LogP contribution >= 0.6 is 0 Å². The molecule has 0 aliphatic heterocycles. The standard InChI is InChI=1S/C8H12N4O/c1-5-7(8(13)12-10)3-2-6(4-9)11-5/h2-3H,4,9-10H2,1H3,(H,12,13). The van der Waals surface area contributed by atoms with Gasteiger partial charge in [0, 0.05) is 6.54 Å². The van der Waals surface area contributed by atoms with Crippen molar-refractivity contribution in [2.45, 2.75) is 13.5 Å². The molecule has 1 aromatic rings. The number of aromatic nitrogens is 1. The molecule has 1 amide bonds. The fourth-order valence-electron chi connectivity index (χ4n) is 1.04. The van der Waals surface area contributed by atoms with Gasteiger partial charge >= 0.3 is 0 Å². The molecule has 0 saturated heterocycles. The fraction of sp³-hybridized carbons (Fsp3) is 0.250. The number of nitrogens with zero attached hydrogens (tertiary/aromatic N) is 1. The van der Waals surface area contributed by atoms with E-state index in [2.05, 4.69) is 4.98 Å². The summed E-state index contributed by atoms with van der Waals surface area (Å²) >= 11 is 0. The Balaban J connectivity index is 3.05. The average molecular weight is 180 g/mol. The lowest BCUT2D eigenvalue weighted by Crippen LogP contribution is -2.30. The van der Waals surface area contributed by atoms with Crippen LogP contribution in [0.25, 0.3) is 0 Å². The van der Waals surface area contributed by atoms with Crippen molar-refractivity contribution in [1.82, 2.24) is 10.4 Å². The summed E-state index contributed by atoms with van der Waals surface area (Å²) < 4.78 is 0. The Morgan fingerprint density at radius 2 is 2.31 bits per heavy atom. The van der Waals surface area contributed by atoms with Crippen molar-refractivity contribution < 1.29 is 4.79 Å². The molecule has 5 heteroatoms. The topological polar surface area (TPSA) is 94.0 Å². The summed E-state index contributed by atoms with van der Waals surface area (Å²) in [5.74, 6) is 4.65. The Kier molecular flexibility index (Phi) is 2.94. The van der Waals surface area contributed by atoms with Crippen LogP contribution in [0.4, 0.5) is 0 Å². The van der Waals surface area contributed by atoms with Crippen molar-refractivity contribution in [2.75, 3.05) is 0 Å². The number of aryl methyl sites for hydroxylation is 1. The number of nitrogen functional groups attached to an aromatic ring is 1. The first-order valence-corrected chi connectivity index (χ1v) is 3.86. The fourth-order valence-corrected chi connectivity index (χ4v) is 1.04. The van der Waals surface area contributed by atoms with E-state index in [9.17, 15) is 4.79 Å². The third-order valence-corrected chi connectivity index (χ3v) is 1.73. The van der Waals surface area contributed by atoms with Gasteiger partial charge in [0.25, 0.3) is 5.91 Å². The van der Waals surface area contributed by atoms with E-state index in [1.807, 2.05) is 5.43 Å². The Morgan fingerprint density at radius 3 is 2.77 bits per heavy atom. The number of carbonyl (C=O) groups excluding carboxylic acids is 1. The molecule has 5 nitrogen and oxygen atoms in total. The quantitative estimate of drug-likeness (QED) is 0.323. The van der Waals surface area contributed by atoms with Crippen LogP contribution in [-0.4, -0.2) is 10.9 Å². The van der Waals surface area contributed by atoms with E-state index in [1.54, 1.807) is 19.1 Å². The van der Waals surface area contributed by atoms with Crippen LogP contribution in [0.5, 0.6) is 0 Å². The number of hydrazine groups is 1. The van der Waals surface area contributed by atoms with Crippen LogP contribution in [0.1, 0.15) is 21.7 Å². The van der Waals surface area contributed by atoms with Crippen LogP contribution in [0, 0.1) is 6.92 Å².